The fraction of sp³-hybridized carbons (Fsp3) is 0.900. The van der Waals surface area contributed by atoms with E-state index in [1.165, 1.54) is 0 Å². The lowest BCUT2D eigenvalue weighted by molar-refractivity contribution is 0.0668. The van der Waals surface area contributed by atoms with Gasteiger partial charge < -0.3 is 10.5 Å². The Morgan fingerprint density at radius 1 is 1.43 bits per heavy atom. The molecule has 0 radical (unpaired) electrons. The zero-order valence-corrected chi connectivity index (χ0v) is 9.71. The third-order valence-corrected chi connectivity index (χ3v) is 2.29. The van der Waals surface area contributed by atoms with Crippen LogP contribution >= 0.6 is 0 Å². The Balaban J connectivity index is 3.95. The number of rotatable bonds is 7. The molecule has 0 spiro atoms. The van der Waals surface area contributed by atoms with E-state index in [0.29, 0.717) is 12.5 Å². The summed E-state index contributed by atoms with van der Waals surface area (Å²) in [5, 5.41) is 7.18. The van der Waals surface area contributed by atoms with Crippen molar-refractivity contribution in [1.29, 1.82) is 5.41 Å². The summed E-state index contributed by atoms with van der Waals surface area (Å²) < 4.78 is 5.21. The summed E-state index contributed by atoms with van der Waals surface area (Å²) in [4.78, 5) is 2.27. The van der Waals surface area contributed by atoms with E-state index in [4.69, 9.17) is 15.9 Å². The second-order valence-corrected chi connectivity index (χ2v) is 3.91. The molecule has 0 rings (SSSR count). The predicted molar refractivity (Wildman–Crippen MR) is 59.7 cm³/mol. The normalized spacial score (nSPS) is 13.6. The summed E-state index contributed by atoms with van der Waals surface area (Å²) in [5.74, 6) is 0.251. The van der Waals surface area contributed by atoms with E-state index in [-0.39, 0.29) is 11.9 Å². The molecule has 0 amide bonds. The lowest BCUT2D eigenvalue weighted by Crippen LogP contribution is -2.39. The standard InChI is InChI=1S/C10H23N3O/c1-8(2)13(6-5-10(11)12)7-9(3)14-4/h8-9H,5-7H2,1-4H3,(H3,11,12). The molecule has 0 aromatic rings. The summed E-state index contributed by atoms with van der Waals surface area (Å²) in [6.45, 7) is 8.05. The lowest BCUT2D eigenvalue weighted by atomic mass is 10.2. The molecule has 0 aromatic carbocycles. The van der Waals surface area contributed by atoms with Gasteiger partial charge in [0.25, 0.3) is 0 Å². The first-order valence-corrected chi connectivity index (χ1v) is 5.07. The molecule has 14 heavy (non-hydrogen) atoms. The summed E-state index contributed by atoms with van der Waals surface area (Å²) in [6.07, 6.45) is 0.860. The Hall–Kier alpha value is -0.610. The molecular weight excluding hydrogens is 178 g/mol. The van der Waals surface area contributed by atoms with E-state index in [2.05, 4.69) is 18.7 Å². The second kappa shape index (κ2) is 6.79. The van der Waals surface area contributed by atoms with Gasteiger partial charge in [-0.2, -0.15) is 0 Å². The second-order valence-electron chi connectivity index (χ2n) is 3.91. The van der Waals surface area contributed by atoms with Crippen LogP contribution in [0.4, 0.5) is 0 Å². The van der Waals surface area contributed by atoms with Gasteiger partial charge in [0.05, 0.1) is 11.9 Å². The van der Waals surface area contributed by atoms with Crippen molar-refractivity contribution in [3.63, 3.8) is 0 Å². The highest BCUT2D eigenvalue weighted by atomic mass is 16.5. The molecule has 84 valence electrons. The average Bonchev–Trinajstić information content (AvgIpc) is 2.10. The minimum absolute atomic E-state index is 0.226. The van der Waals surface area contributed by atoms with Crippen LogP contribution in [0, 0.1) is 5.41 Å². The molecule has 0 aliphatic heterocycles. The summed E-state index contributed by atoms with van der Waals surface area (Å²) in [6, 6.07) is 0.465. The highest BCUT2D eigenvalue weighted by Gasteiger charge is 2.12. The minimum Gasteiger partial charge on any atom is -0.388 e. The Morgan fingerprint density at radius 3 is 2.36 bits per heavy atom. The van der Waals surface area contributed by atoms with Gasteiger partial charge in [0.1, 0.15) is 0 Å². The Kier molecular flexibility index (Phi) is 6.49. The van der Waals surface area contributed by atoms with Gasteiger partial charge >= 0.3 is 0 Å². The molecule has 1 unspecified atom stereocenters. The molecule has 0 heterocycles. The predicted octanol–water partition coefficient (Wildman–Crippen LogP) is 1.06. The van der Waals surface area contributed by atoms with E-state index in [9.17, 15) is 0 Å². The van der Waals surface area contributed by atoms with Crippen LogP contribution < -0.4 is 5.73 Å². The van der Waals surface area contributed by atoms with E-state index in [1.807, 2.05) is 6.92 Å². The van der Waals surface area contributed by atoms with Crippen LogP contribution in [0.1, 0.15) is 27.2 Å². The van der Waals surface area contributed by atoms with E-state index in [1.54, 1.807) is 7.11 Å². The Labute approximate surface area is 86.9 Å². The number of methoxy groups -OCH3 is 1. The van der Waals surface area contributed by atoms with Crippen LogP contribution in [0.25, 0.3) is 0 Å². The van der Waals surface area contributed by atoms with Crippen molar-refractivity contribution in [2.75, 3.05) is 20.2 Å². The monoisotopic (exact) mass is 201 g/mol. The van der Waals surface area contributed by atoms with Gasteiger partial charge in [0.15, 0.2) is 0 Å². The fourth-order valence-corrected chi connectivity index (χ4v) is 1.23. The first-order valence-electron chi connectivity index (χ1n) is 5.07. The number of ether oxygens (including phenoxy) is 1. The molecule has 0 fully saturated rings. The third-order valence-electron chi connectivity index (χ3n) is 2.29. The SMILES string of the molecule is COC(C)CN(CCC(=N)N)C(C)C. The van der Waals surface area contributed by atoms with Gasteiger partial charge in [-0.3, -0.25) is 10.3 Å². The molecule has 0 saturated heterocycles. The highest BCUT2D eigenvalue weighted by molar-refractivity contribution is 5.76. The Bertz CT molecular complexity index is 171. The Morgan fingerprint density at radius 2 is 2.00 bits per heavy atom. The van der Waals surface area contributed by atoms with Crippen LogP contribution in [-0.4, -0.2) is 43.1 Å². The largest absolute Gasteiger partial charge is 0.388 e. The quantitative estimate of drug-likeness (QED) is 0.478. The van der Waals surface area contributed by atoms with Crippen molar-refractivity contribution < 1.29 is 4.74 Å². The summed E-state index contributed by atoms with van der Waals surface area (Å²) in [5.41, 5.74) is 5.33. The number of nitrogens with zero attached hydrogens (tertiary/aromatic N) is 1. The number of nitrogens with two attached hydrogens (primary N) is 1. The molecule has 4 heteroatoms. The van der Waals surface area contributed by atoms with Crippen molar-refractivity contribution in [3.05, 3.63) is 0 Å². The van der Waals surface area contributed by atoms with Crippen molar-refractivity contribution >= 4 is 5.84 Å². The molecule has 0 aromatic heterocycles. The van der Waals surface area contributed by atoms with Gasteiger partial charge in [-0.05, 0) is 20.8 Å². The van der Waals surface area contributed by atoms with Gasteiger partial charge in [-0.15, -0.1) is 0 Å². The van der Waals surface area contributed by atoms with E-state index in [0.717, 1.165) is 13.1 Å². The lowest BCUT2D eigenvalue weighted by Gasteiger charge is -2.28. The van der Waals surface area contributed by atoms with Crippen LogP contribution in [0.15, 0.2) is 0 Å². The molecule has 0 aliphatic rings. The zero-order chi connectivity index (χ0) is 11.1. The van der Waals surface area contributed by atoms with Gasteiger partial charge in [-0.25, -0.2) is 0 Å². The summed E-state index contributed by atoms with van der Waals surface area (Å²) >= 11 is 0. The first-order chi connectivity index (χ1) is 6.47. The van der Waals surface area contributed by atoms with Crippen molar-refractivity contribution in [2.24, 2.45) is 5.73 Å². The van der Waals surface area contributed by atoms with Gasteiger partial charge in [-0.1, -0.05) is 0 Å². The number of hydrogen-bond acceptors (Lipinski definition) is 3. The zero-order valence-electron chi connectivity index (χ0n) is 9.71. The number of amidine groups is 1. The summed E-state index contributed by atoms with van der Waals surface area (Å²) in [7, 11) is 1.72. The number of hydrogen-bond donors (Lipinski definition) is 2. The molecule has 3 N–H and O–H groups in total. The van der Waals surface area contributed by atoms with Crippen molar-refractivity contribution in [2.45, 2.75) is 39.3 Å². The molecular formula is C10H23N3O. The maximum Gasteiger partial charge on any atom is 0.0918 e. The minimum atomic E-state index is 0.226. The number of nitrogens with one attached hydrogen (secondary N) is 1. The topological polar surface area (TPSA) is 62.3 Å². The van der Waals surface area contributed by atoms with Crippen LogP contribution in [0.5, 0.6) is 0 Å². The smallest absolute Gasteiger partial charge is 0.0918 e. The van der Waals surface area contributed by atoms with Crippen LogP contribution in [0.3, 0.4) is 0 Å². The highest BCUT2D eigenvalue weighted by Crippen LogP contribution is 2.02. The average molecular weight is 201 g/mol. The first kappa shape index (κ1) is 13.4. The molecule has 0 bridgehead atoms. The fourth-order valence-electron chi connectivity index (χ4n) is 1.23. The van der Waals surface area contributed by atoms with Gasteiger partial charge in [0, 0.05) is 32.7 Å². The van der Waals surface area contributed by atoms with Crippen molar-refractivity contribution in [3.8, 4) is 0 Å². The van der Waals surface area contributed by atoms with E-state index < -0.39 is 0 Å². The van der Waals surface area contributed by atoms with Crippen LogP contribution in [0.2, 0.25) is 0 Å². The molecule has 1 atom stereocenters. The third kappa shape index (κ3) is 5.94. The maximum absolute atomic E-state index is 7.18. The van der Waals surface area contributed by atoms with Crippen molar-refractivity contribution in [1.82, 2.24) is 4.90 Å². The molecule has 4 nitrogen and oxygen atoms in total. The molecule has 0 saturated carbocycles. The van der Waals surface area contributed by atoms with E-state index >= 15 is 0 Å². The maximum atomic E-state index is 7.18. The molecule has 0 aliphatic carbocycles. The van der Waals surface area contributed by atoms with Crippen LogP contribution in [-0.2, 0) is 4.74 Å². The van der Waals surface area contributed by atoms with Gasteiger partial charge in [0.2, 0.25) is 0 Å².